The van der Waals surface area contributed by atoms with Crippen molar-refractivity contribution >= 4 is 5.91 Å². The number of hydrogen-bond acceptors (Lipinski definition) is 2. The van der Waals surface area contributed by atoms with Gasteiger partial charge in [0.05, 0.1) is 12.2 Å². The zero-order valence-electron chi connectivity index (χ0n) is 12.7. The van der Waals surface area contributed by atoms with Gasteiger partial charge in [0.2, 0.25) is 0 Å². The standard InChI is InChI=1S/C17H15F4NO2/c1-2-24-14-6-4-3-5-13(14)16(23)22-15(17(19,20)21)11-7-9-12(18)10-8-11/h3-10,15H,2H2,1H3,(H,22,23). The highest BCUT2D eigenvalue weighted by Gasteiger charge is 2.42. The van der Waals surface area contributed by atoms with E-state index in [1.54, 1.807) is 13.0 Å². The van der Waals surface area contributed by atoms with Crippen molar-refractivity contribution in [3.63, 3.8) is 0 Å². The van der Waals surface area contributed by atoms with Crippen LogP contribution >= 0.6 is 0 Å². The van der Waals surface area contributed by atoms with Crippen molar-refractivity contribution in [2.24, 2.45) is 0 Å². The van der Waals surface area contributed by atoms with Crippen LogP contribution in [0.25, 0.3) is 0 Å². The fourth-order valence-electron chi connectivity index (χ4n) is 2.15. The number of carbonyl (C=O) groups excluding carboxylic acids is 1. The number of alkyl halides is 3. The van der Waals surface area contributed by atoms with Crippen LogP contribution in [0.3, 0.4) is 0 Å². The molecule has 0 saturated carbocycles. The molecule has 0 fully saturated rings. The molecule has 7 heteroatoms. The fraction of sp³-hybridized carbons (Fsp3) is 0.235. The Labute approximate surface area is 136 Å². The van der Waals surface area contributed by atoms with E-state index in [2.05, 4.69) is 0 Å². The van der Waals surface area contributed by atoms with Crippen LogP contribution in [0.1, 0.15) is 28.9 Å². The summed E-state index contributed by atoms with van der Waals surface area (Å²) in [6, 6.07) is 7.56. The third-order valence-electron chi connectivity index (χ3n) is 3.24. The van der Waals surface area contributed by atoms with E-state index < -0.39 is 23.9 Å². The number of hydrogen-bond donors (Lipinski definition) is 1. The van der Waals surface area contributed by atoms with Gasteiger partial charge in [-0.2, -0.15) is 13.2 Å². The van der Waals surface area contributed by atoms with Gasteiger partial charge in [-0.25, -0.2) is 4.39 Å². The lowest BCUT2D eigenvalue weighted by molar-refractivity contribution is -0.155. The molecule has 0 heterocycles. The number of amides is 1. The van der Waals surface area contributed by atoms with Crippen molar-refractivity contribution in [3.05, 3.63) is 65.5 Å². The molecular weight excluding hydrogens is 326 g/mol. The molecule has 0 aliphatic heterocycles. The Balaban J connectivity index is 2.30. The number of para-hydroxylation sites is 1. The predicted molar refractivity (Wildman–Crippen MR) is 80.3 cm³/mol. The van der Waals surface area contributed by atoms with E-state index in [4.69, 9.17) is 4.74 Å². The first kappa shape index (κ1) is 17.8. The maximum atomic E-state index is 13.3. The Kier molecular flexibility index (Phi) is 5.43. The molecule has 0 saturated heterocycles. The fourth-order valence-corrected chi connectivity index (χ4v) is 2.15. The summed E-state index contributed by atoms with van der Waals surface area (Å²) in [4.78, 5) is 12.3. The number of benzene rings is 2. The number of ether oxygens (including phenoxy) is 1. The number of halogens is 4. The molecule has 0 aliphatic carbocycles. The largest absolute Gasteiger partial charge is 0.493 e. The highest BCUT2D eigenvalue weighted by molar-refractivity contribution is 5.97. The second kappa shape index (κ2) is 7.33. The minimum Gasteiger partial charge on any atom is -0.493 e. The van der Waals surface area contributed by atoms with Crippen LogP contribution in [-0.2, 0) is 0 Å². The van der Waals surface area contributed by atoms with Gasteiger partial charge in [0, 0.05) is 0 Å². The molecule has 0 radical (unpaired) electrons. The first-order valence-corrected chi connectivity index (χ1v) is 7.17. The molecule has 3 nitrogen and oxygen atoms in total. The molecule has 2 aromatic carbocycles. The summed E-state index contributed by atoms with van der Waals surface area (Å²) in [6.45, 7) is 1.97. The highest BCUT2D eigenvalue weighted by Crippen LogP contribution is 2.33. The summed E-state index contributed by atoms with van der Waals surface area (Å²) in [6.07, 6.45) is -4.73. The maximum Gasteiger partial charge on any atom is 0.412 e. The lowest BCUT2D eigenvalue weighted by atomic mass is 10.1. The molecule has 24 heavy (non-hydrogen) atoms. The van der Waals surface area contributed by atoms with E-state index in [1.165, 1.54) is 18.2 Å². The molecule has 2 rings (SSSR count). The number of rotatable bonds is 5. The predicted octanol–water partition coefficient (Wildman–Crippen LogP) is 4.26. The Morgan fingerprint density at radius 1 is 1.12 bits per heavy atom. The van der Waals surface area contributed by atoms with Gasteiger partial charge in [-0.1, -0.05) is 24.3 Å². The Morgan fingerprint density at radius 2 is 1.75 bits per heavy atom. The van der Waals surface area contributed by atoms with E-state index in [9.17, 15) is 22.4 Å². The molecule has 0 aromatic heterocycles. The van der Waals surface area contributed by atoms with E-state index in [-0.39, 0.29) is 23.5 Å². The van der Waals surface area contributed by atoms with Crippen LogP contribution < -0.4 is 10.1 Å². The van der Waals surface area contributed by atoms with E-state index in [0.29, 0.717) is 0 Å². The lowest BCUT2D eigenvalue weighted by Crippen LogP contribution is -2.38. The van der Waals surface area contributed by atoms with Crippen molar-refractivity contribution in [1.82, 2.24) is 5.32 Å². The molecule has 1 amide bonds. The van der Waals surface area contributed by atoms with Gasteiger partial charge < -0.3 is 10.1 Å². The minimum absolute atomic E-state index is 0.00397. The van der Waals surface area contributed by atoms with Gasteiger partial charge in [0.1, 0.15) is 11.6 Å². The third kappa shape index (κ3) is 4.24. The molecule has 1 unspecified atom stereocenters. The maximum absolute atomic E-state index is 13.3. The summed E-state index contributed by atoms with van der Waals surface area (Å²) in [7, 11) is 0. The summed E-state index contributed by atoms with van der Waals surface area (Å²) >= 11 is 0. The second-order valence-electron chi connectivity index (χ2n) is 4.93. The van der Waals surface area contributed by atoms with E-state index in [1.807, 2.05) is 5.32 Å². The summed E-state index contributed by atoms with van der Waals surface area (Å²) in [5.74, 6) is -1.39. The van der Waals surface area contributed by atoms with Gasteiger partial charge in [0.15, 0.2) is 6.04 Å². The quantitative estimate of drug-likeness (QED) is 0.826. The summed E-state index contributed by atoms with van der Waals surface area (Å²) in [5, 5.41) is 1.94. The van der Waals surface area contributed by atoms with Gasteiger partial charge >= 0.3 is 6.18 Å². The summed E-state index contributed by atoms with van der Waals surface area (Å²) in [5.41, 5.74) is -0.262. The molecule has 128 valence electrons. The van der Waals surface area contributed by atoms with Crippen molar-refractivity contribution in [2.75, 3.05) is 6.61 Å². The highest BCUT2D eigenvalue weighted by atomic mass is 19.4. The van der Waals surface area contributed by atoms with Crippen LogP contribution in [0, 0.1) is 5.82 Å². The number of nitrogens with one attached hydrogen (secondary N) is 1. The number of carbonyl (C=O) groups is 1. The van der Waals surface area contributed by atoms with Crippen molar-refractivity contribution in [1.29, 1.82) is 0 Å². The lowest BCUT2D eigenvalue weighted by Gasteiger charge is -2.22. The normalized spacial score (nSPS) is 12.5. The molecule has 0 aliphatic rings. The molecule has 1 N–H and O–H groups in total. The van der Waals surface area contributed by atoms with Gasteiger partial charge in [-0.05, 0) is 36.8 Å². The minimum atomic E-state index is -4.73. The van der Waals surface area contributed by atoms with Crippen LogP contribution in [0.15, 0.2) is 48.5 Å². The average molecular weight is 341 g/mol. The van der Waals surface area contributed by atoms with Crippen LogP contribution in [-0.4, -0.2) is 18.7 Å². The van der Waals surface area contributed by atoms with Crippen molar-refractivity contribution in [2.45, 2.75) is 19.1 Å². The zero-order valence-corrected chi connectivity index (χ0v) is 12.7. The van der Waals surface area contributed by atoms with Crippen LogP contribution in [0.2, 0.25) is 0 Å². The van der Waals surface area contributed by atoms with Gasteiger partial charge in [0.25, 0.3) is 5.91 Å². The molecule has 1 atom stereocenters. The van der Waals surface area contributed by atoms with Crippen LogP contribution in [0.4, 0.5) is 17.6 Å². The Hall–Kier alpha value is -2.57. The molecule has 0 spiro atoms. The van der Waals surface area contributed by atoms with E-state index in [0.717, 1.165) is 24.3 Å². The SMILES string of the molecule is CCOc1ccccc1C(=O)NC(c1ccc(F)cc1)C(F)(F)F. The summed E-state index contributed by atoms with van der Waals surface area (Å²) < 4.78 is 58.1. The first-order chi connectivity index (χ1) is 11.3. The Morgan fingerprint density at radius 3 is 2.33 bits per heavy atom. The van der Waals surface area contributed by atoms with Crippen molar-refractivity contribution < 1.29 is 27.1 Å². The van der Waals surface area contributed by atoms with Crippen molar-refractivity contribution in [3.8, 4) is 5.75 Å². The smallest absolute Gasteiger partial charge is 0.412 e. The first-order valence-electron chi connectivity index (χ1n) is 7.17. The molecule has 0 bridgehead atoms. The topological polar surface area (TPSA) is 38.3 Å². The second-order valence-corrected chi connectivity index (χ2v) is 4.93. The molecular formula is C17H15F4NO2. The third-order valence-corrected chi connectivity index (χ3v) is 3.24. The monoisotopic (exact) mass is 341 g/mol. The zero-order chi connectivity index (χ0) is 17.7. The van der Waals surface area contributed by atoms with E-state index >= 15 is 0 Å². The van der Waals surface area contributed by atoms with Gasteiger partial charge in [-0.3, -0.25) is 4.79 Å². The van der Waals surface area contributed by atoms with Gasteiger partial charge in [-0.15, -0.1) is 0 Å². The van der Waals surface area contributed by atoms with Crippen LogP contribution in [0.5, 0.6) is 5.75 Å². The Bertz CT molecular complexity index is 698. The average Bonchev–Trinajstić information content (AvgIpc) is 2.53. The molecule has 2 aromatic rings.